The number of aromatic nitrogens is 1. The van der Waals surface area contributed by atoms with Gasteiger partial charge in [-0.2, -0.15) is 0 Å². The van der Waals surface area contributed by atoms with E-state index < -0.39 is 17.4 Å². The van der Waals surface area contributed by atoms with E-state index in [9.17, 15) is 15.0 Å². The van der Waals surface area contributed by atoms with Crippen LogP contribution in [0.4, 0.5) is 0 Å². The van der Waals surface area contributed by atoms with E-state index >= 15 is 0 Å². The number of halogens is 1. The maximum atomic E-state index is 11.8. The lowest BCUT2D eigenvalue weighted by Gasteiger charge is -2.30. The van der Waals surface area contributed by atoms with Gasteiger partial charge in [0, 0.05) is 23.4 Å². The summed E-state index contributed by atoms with van der Waals surface area (Å²) in [5.41, 5.74) is 6.17. The summed E-state index contributed by atoms with van der Waals surface area (Å²) in [6.45, 7) is 4.55. The van der Waals surface area contributed by atoms with Crippen LogP contribution in [-0.4, -0.2) is 28.3 Å². The molecule has 0 unspecified atom stereocenters. The molecule has 0 radical (unpaired) electrons. The van der Waals surface area contributed by atoms with Crippen molar-refractivity contribution in [2.75, 3.05) is 7.11 Å². The number of hydrogen-bond acceptors (Lipinski definition) is 6. The summed E-state index contributed by atoms with van der Waals surface area (Å²) in [4.78, 5) is 15.7. The van der Waals surface area contributed by atoms with Crippen molar-refractivity contribution < 1.29 is 19.7 Å². The highest BCUT2D eigenvalue weighted by atomic mass is 35.5. The molecule has 6 nitrogen and oxygen atoms in total. The molecule has 0 amide bonds. The van der Waals surface area contributed by atoms with Crippen molar-refractivity contribution in [2.24, 2.45) is 11.1 Å². The summed E-state index contributed by atoms with van der Waals surface area (Å²) in [5, 5.41) is 19.4. The van der Waals surface area contributed by atoms with Gasteiger partial charge in [0.1, 0.15) is 5.75 Å². The second-order valence-electron chi connectivity index (χ2n) is 4.98. The smallest absolute Gasteiger partial charge is 0.313 e. The van der Waals surface area contributed by atoms with Crippen LogP contribution in [0, 0.1) is 12.3 Å². The Labute approximate surface area is 124 Å². The van der Waals surface area contributed by atoms with Gasteiger partial charge in [0.2, 0.25) is 0 Å². The first-order chi connectivity index (χ1) is 8.77. The Hall–Kier alpha value is -1.37. The van der Waals surface area contributed by atoms with E-state index in [-0.39, 0.29) is 24.8 Å². The molecule has 1 rings (SSSR count). The summed E-state index contributed by atoms with van der Waals surface area (Å²) in [6.07, 6.45) is 1.44. The van der Waals surface area contributed by atoms with Gasteiger partial charge in [-0.25, -0.2) is 0 Å². The van der Waals surface area contributed by atoms with Crippen LogP contribution < -0.4 is 5.73 Å². The number of ether oxygens (including phenoxy) is 1. The molecule has 0 aromatic carbocycles. The Bertz CT molecular complexity index is 492. The van der Waals surface area contributed by atoms with Crippen LogP contribution in [0.3, 0.4) is 0 Å². The maximum absolute atomic E-state index is 11.8. The van der Waals surface area contributed by atoms with Crippen molar-refractivity contribution >= 4 is 18.4 Å². The van der Waals surface area contributed by atoms with Crippen molar-refractivity contribution in [3.05, 3.63) is 23.0 Å². The predicted octanol–water partition coefficient (Wildman–Crippen LogP) is 1.21. The number of nitrogens with two attached hydrogens (primary N) is 1. The third-order valence-corrected chi connectivity index (χ3v) is 3.33. The Morgan fingerprint density at radius 3 is 2.55 bits per heavy atom. The van der Waals surface area contributed by atoms with Crippen LogP contribution in [0.2, 0.25) is 0 Å². The number of nitrogens with zero attached hydrogens (tertiary/aromatic N) is 1. The van der Waals surface area contributed by atoms with Gasteiger partial charge < -0.3 is 20.7 Å². The molecule has 0 saturated carbocycles. The Balaban J connectivity index is 0.00000361. The Kier molecular flexibility index (Phi) is 6.40. The van der Waals surface area contributed by atoms with Gasteiger partial charge in [-0.05, 0) is 20.8 Å². The van der Waals surface area contributed by atoms with E-state index in [0.717, 1.165) is 0 Å². The Morgan fingerprint density at radius 2 is 2.10 bits per heavy atom. The minimum Gasteiger partial charge on any atom is -0.506 e. The van der Waals surface area contributed by atoms with Crippen LogP contribution in [-0.2, 0) is 16.1 Å². The average molecular weight is 305 g/mol. The number of hydrogen-bond donors (Lipinski definition) is 3. The lowest BCUT2D eigenvalue weighted by atomic mass is 9.79. The van der Waals surface area contributed by atoms with Gasteiger partial charge in [0.05, 0.1) is 24.8 Å². The van der Waals surface area contributed by atoms with E-state index in [2.05, 4.69) is 4.98 Å². The third kappa shape index (κ3) is 3.20. The summed E-state index contributed by atoms with van der Waals surface area (Å²) in [6, 6.07) is -0.816. The molecule has 4 N–H and O–H groups in total. The fourth-order valence-electron chi connectivity index (χ4n) is 1.88. The molecule has 0 fully saturated rings. The van der Waals surface area contributed by atoms with Gasteiger partial charge in [-0.15, -0.1) is 12.4 Å². The number of aromatic hydroxyl groups is 1. The molecule has 0 aliphatic rings. The van der Waals surface area contributed by atoms with Crippen molar-refractivity contribution in [1.82, 2.24) is 4.98 Å². The fourth-order valence-corrected chi connectivity index (χ4v) is 1.88. The maximum Gasteiger partial charge on any atom is 0.313 e. The number of rotatable bonds is 4. The first-order valence-electron chi connectivity index (χ1n) is 5.89. The van der Waals surface area contributed by atoms with Crippen molar-refractivity contribution in [1.29, 1.82) is 0 Å². The minimum absolute atomic E-state index is 0. The van der Waals surface area contributed by atoms with Crippen LogP contribution in [0.5, 0.6) is 5.75 Å². The van der Waals surface area contributed by atoms with Crippen LogP contribution in [0.1, 0.15) is 36.7 Å². The molecule has 0 saturated heterocycles. The summed E-state index contributed by atoms with van der Waals surface area (Å²) >= 11 is 0. The van der Waals surface area contributed by atoms with E-state index in [1.54, 1.807) is 20.8 Å². The van der Waals surface area contributed by atoms with E-state index in [1.807, 2.05) is 0 Å². The van der Waals surface area contributed by atoms with Crippen molar-refractivity contribution in [2.45, 2.75) is 33.4 Å². The molecular formula is C13H21ClN2O4. The summed E-state index contributed by atoms with van der Waals surface area (Å²) in [5.74, 6) is -0.589. The summed E-state index contributed by atoms with van der Waals surface area (Å²) in [7, 11) is 1.28. The molecule has 1 aromatic heterocycles. The zero-order valence-corrected chi connectivity index (χ0v) is 12.8. The van der Waals surface area contributed by atoms with Crippen LogP contribution >= 0.6 is 12.4 Å². The van der Waals surface area contributed by atoms with Gasteiger partial charge in [-0.1, -0.05) is 0 Å². The lowest BCUT2D eigenvalue weighted by Crippen LogP contribution is -2.38. The number of methoxy groups -OCH3 is 1. The largest absolute Gasteiger partial charge is 0.506 e. The number of aliphatic hydroxyl groups is 1. The monoisotopic (exact) mass is 304 g/mol. The number of carbonyl (C=O) groups is 1. The van der Waals surface area contributed by atoms with Crippen molar-refractivity contribution in [3.63, 3.8) is 0 Å². The molecule has 20 heavy (non-hydrogen) atoms. The number of aliphatic hydroxyl groups excluding tert-OH is 1. The highest BCUT2D eigenvalue weighted by Gasteiger charge is 2.39. The quantitative estimate of drug-likeness (QED) is 0.722. The first-order valence-corrected chi connectivity index (χ1v) is 5.89. The number of esters is 1. The van der Waals surface area contributed by atoms with Gasteiger partial charge in [-0.3, -0.25) is 9.78 Å². The molecule has 0 aliphatic carbocycles. The normalized spacial score (nSPS) is 12.5. The van der Waals surface area contributed by atoms with Gasteiger partial charge in [0.25, 0.3) is 0 Å². The average Bonchev–Trinajstić information content (AvgIpc) is 2.39. The second kappa shape index (κ2) is 6.88. The second-order valence-corrected chi connectivity index (χ2v) is 4.98. The minimum atomic E-state index is -1.04. The lowest BCUT2D eigenvalue weighted by molar-refractivity contribution is -0.152. The molecule has 0 bridgehead atoms. The van der Waals surface area contributed by atoms with Crippen LogP contribution in [0.15, 0.2) is 6.20 Å². The zero-order valence-electron chi connectivity index (χ0n) is 12.0. The van der Waals surface area contributed by atoms with Gasteiger partial charge in [0.15, 0.2) is 0 Å². The molecule has 114 valence electrons. The molecular weight excluding hydrogens is 284 g/mol. The molecule has 1 atom stereocenters. The standard InChI is InChI=1S/C13H20N2O4.ClH/c1-7-10(17)9(8(6-16)5-15-7)11(14)13(2,3)12(18)19-4;/h5,11,16-17H,6,14H2,1-4H3;1H/t11-;/m0./s1. The topological polar surface area (TPSA) is 106 Å². The molecule has 7 heteroatoms. The first kappa shape index (κ1) is 18.6. The predicted molar refractivity (Wildman–Crippen MR) is 76.5 cm³/mol. The number of pyridine rings is 1. The molecule has 1 aromatic rings. The number of carbonyl (C=O) groups excluding carboxylic acids is 1. The van der Waals surface area contributed by atoms with E-state index in [4.69, 9.17) is 10.5 Å². The Morgan fingerprint density at radius 1 is 1.55 bits per heavy atom. The molecule has 1 heterocycles. The third-order valence-electron chi connectivity index (χ3n) is 3.33. The van der Waals surface area contributed by atoms with Gasteiger partial charge >= 0.3 is 5.97 Å². The number of aryl methyl sites for hydroxylation is 1. The van der Waals surface area contributed by atoms with E-state index in [0.29, 0.717) is 16.8 Å². The molecule has 0 spiro atoms. The highest BCUT2D eigenvalue weighted by molar-refractivity contribution is 5.85. The zero-order chi connectivity index (χ0) is 14.8. The summed E-state index contributed by atoms with van der Waals surface area (Å²) < 4.78 is 4.72. The molecule has 0 aliphatic heterocycles. The SMILES string of the molecule is COC(=O)C(C)(C)[C@@H](N)c1c(CO)cnc(C)c1O.Cl. The van der Waals surface area contributed by atoms with Crippen LogP contribution in [0.25, 0.3) is 0 Å². The van der Waals surface area contributed by atoms with E-state index in [1.165, 1.54) is 13.3 Å². The highest BCUT2D eigenvalue weighted by Crippen LogP contribution is 2.39. The fraction of sp³-hybridized carbons (Fsp3) is 0.538. The van der Waals surface area contributed by atoms with Crippen molar-refractivity contribution in [3.8, 4) is 5.75 Å².